The molecule has 1 aliphatic rings. The van der Waals surface area contributed by atoms with E-state index in [1.54, 1.807) is 0 Å². The first-order chi connectivity index (χ1) is 10.9. The average molecular weight is 345 g/mol. The molecule has 12 heteroatoms. The van der Waals surface area contributed by atoms with Gasteiger partial charge in [-0.1, -0.05) is 0 Å². The van der Waals surface area contributed by atoms with E-state index in [0.717, 1.165) is 0 Å². The van der Waals surface area contributed by atoms with E-state index in [0.29, 0.717) is 0 Å². The van der Waals surface area contributed by atoms with Gasteiger partial charge in [0.25, 0.3) is 5.56 Å². The van der Waals surface area contributed by atoms with Gasteiger partial charge in [-0.3, -0.25) is 15.3 Å². The van der Waals surface area contributed by atoms with Crippen molar-refractivity contribution in [3.8, 4) is 0 Å². The van der Waals surface area contributed by atoms with Crippen molar-refractivity contribution >= 4 is 25.5 Å². The van der Waals surface area contributed by atoms with Crippen LogP contribution in [0.25, 0.3) is 11.0 Å². The molecule has 1 aliphatic heterocycles. The number of aromatic amines is 1. The summed E-state index contributed by atoms with van der Waals surface area (Å²) in [6, 6.07) is 1.50. The van der Waals surface area contributed by atoms with Crippen LogP contribution in [0.15, 0.2) is 17.1 Å². The molecule has 1 unspecified atom stereocenters. The molecule has 0 spiro atoms. The first-order valence-corrected chi connectivity index (χ1v) is 7.91. The summed E-state index contributed by atoms with van der Waals surface area (Å²) in [5, 5.41) is 20.5. The minimum atomic E-state index is -2.10. The summed E-state index contributed by atoms with van der Waals surface area (Å²) in [6.07, 6.45) is -2.94. The SMILES string of the molecule is Nc1nc2c(ccn2[C@@H]2O[C@H](COP(N)O)[C@@H](O)[C@H]2O)c(=O)[nH]1. The van der Waals surface area contributed by atoms with Crippen LogP contribution >= 0.6 is 8.53 Å². The molecule has 3 heterocycles. The number of nitrogens with zero attached hydrogens (tertiary/aromatic N) is 2. The van der Waals surface area contributed by atoms with Crippen LogP contribution in [0.3, 0.4) is 0 Å². The number of aliphatic hydroxyl groups excluding tert-OH is 2. The first-order valence-electron chi connectivity index (χ1n) is 6.63. The van der Waals surface area contributed by atoms with Gasteiger partial charge in [0.1, 0.15) is 18.3 Å². The summed E-state index contributed by atoms with van der Waals surface area (Å²) in [4.78, 5) is 27.2. The molecule has 0 aromatic carbocycles. The zero-order chi connectivity index (χ0) is 16.7. The third-order valence-corrected chi connectivity index (χ3v) is 4.00. The van der Waals surface area contributed by atoms with E-state index in [9.17, 15) is 15.0 Å². The lowest BCUT2D eigenvalue weighted by Gasteiger charge is -2.17. The molecule has 2 aromatic rings. The fourth-order valence-corrected chi connectivity index (χ4v) is 2.81. The van der Waals surface area contributed by atoms with E-state index >= 15 is 0 Å². The maximum Gasteiger partial charge on any atom is 0.261 e. The minimum absolute atomic E-state index is 0.0792. The highest BCUT2D eigenvalue weighted by molar-refractivity contribution is 7.43. The second-order valence-electron chi connectivity index (χ2n) is 5.06. The molecule has 3 rings (SSSR count). The fourth-order valence-electron chi connectivity index (χ4n) is 2.51. The van der Waals surface area contributed by atoms with Crippen molar-refractivity contribution in [2.24, 2.45) is 5.50 Å². The third-order valence-electron chi connectivity index (χ3n) is 3.58. The van der Waals surface area contributed by atoms with Gasteiger partial charge in [-0.2, -0.15) is 4.98 Å². The number of fused-ring (bicyclic) bond motifs is 1. The predicted molar refractivity (Wildman–Crippen MR) is 80.0 cm³/mol. The Morgan fingerprint density at radius 1 is 1.48 bits per heavy atom. The quantitative estimate of drug-likeness (QED) is 0.345. The molecule has 0 radical (unpaired) electrons. The van der Waals surface area contributed by atoms with Crippen molar-refractivity contribution in [1.82, 2.24) is 14.5 Å². The highest BCUT2D eigenvalue weighted by Gasteiger charge is 2.44. The van der Waals surface area contributed by atoms with E-state index in [-0.39, 0.29) is 23.6 Å². The van der Waals surface area contributed by atoms with Gasteiger partial charge in [-0.15, -0.1) is 0 Å². The first kappa shape index (κ1) is 16.3. The number of hydrogen-bond donors (Lipinski definition) is 6. The summed E-state index contributed by atoms with van der Waals surface area (Å²) >= 11 is 0. The number of nitrogens with two attached hydrogens (primary N) is 2. The van der Waals surface area contributed by atoms with Crippen LogP contribution in [-0.4, -0.2) is 54.6 Å². The van der Waals surface area contributed by atoms with E-state index in [2.05, 4.69) is 9.97 Å². The Hall–Kier alpha value is -1.59. The fraction of sp³-hybridized carbons (Fsp3) is 0.455. The monoisotopic (exact) mass is 345 g/mol. The van der Waals surface area contributed by atoms with Gasteiger partial charge in [-0.05, 0) is 6.07 Å². The van der Waals surface area contributed by atoms with E-state index in [1.807, 2.05) is 0 Å². The van der Waals surface area contributed by atoms with Crippen LogP contribution in [0.1, 0.15) is 6.23 Å². The van der Waals surface area contributed by atoms with Crippen molar-refractivity contribution in [1.29, 1.82) is 0 Å². The maximum absolute atomic E-state index is 11.8. The molecule has 8 N–H and O–H groups in total. The molecule has 23 heavy (non-hydrogen) atoms. The zero-order valence-electron chi connectivity index (χ0n) is 11.7. The van der Waals surface area contributed by atoms with Gasteiger partial charge < -0.3 is 34.7 Å². The summed E-state index contributed by atoms with van der Waals surface area (Å²) in [5.41, 5.74) is 10.4. The highest BCUT2D eigenvalue weighted by atomic mass is 31.2. The molecule has 5 atom stereocenters. The summed E-state index contributed by atoms with van der Waals surface area (Å²) in [7, 11) is -2.10. The molecule has 2 aromatic heterocycles. The van der Waals surface area contributed by atoms with Gasteiger partial charge in [0.05, 0.1) is 12.0 Å². The van der Waals surface area contributed by atoms with Crippen LogP contribution in [0.4, 0.5) is 5.95 Å². The number of nitrogens with one attached hydrogen (secondary N) is 1. The predicted octanol–water partition coefficient (Wildman–Crippen LogP) is -1.88. The number of ether oxygens (including phenoxy) is 1. The highest BCUT2D eigenvalue weighted by Crippen LogP contribution is 2.33. The van der Waals surface area contributed by atoms with Crippen LogP contribution in [0.2, 0.25) is 0 Å². The van der Waals surface area contributed by atoms with Gasteiger partial charge in [0, 0.05) is 6.20 Å². The lowest BCUT2D eigenvalue weighted by molar-refractivity contribution is -0.0469. The van der Waals surface area contributed by atoms with Crippen LogP contribution in [-0.2, 0) is 9.26 Å². The van der Waals surface area contributed by atoms with Crippen molar-refractivity contribution in [3.05, 3.63) is 22.6 Å². The normalized spacial score (nSPS) is 29.2. The number of aromatic nitrogens is 3. The van der Waals surface area contributed by atoms with E-state index in [1.165, 1.54) is 16.8 Å². The molecule has 1 fully saturated rings. The van der Waals surface area contributed by atoms with Crippen molar-refractivity contribution in [2.45, 2.75) is 24.5 Å². The number of H-pyrrole nitrogens is 1. The standard InChI is InChI=1S/C11H16N5O6P/c12-11-14-8-4(9(19)15-11)1-2-16(8)10-7(18)6(17)5(22-10)3-21-23(13)20/h1-2,5-7,10,17-18,20H,3,13H2,(H3,12,14,15,19)/t5-,6-,7-,10-,23?/m1/s1. The number of aliphatic hydroxyl groups is 2. The minimum Gasteiger partial charge on any atom is -0.387 e. The Labute approximate surface area is 130 Å². The average Bonchev–Trinajstić information content (AvgIpc) is 3.00. The molecule has 0 aliphatic carbocycles. The van der Waals surface area contributed by atoms with Crippen LogP contribution in [0, 0.1) is 0 Å². The van der Waals surface area contributed by atoms with Gasteiger partial charge in [-0.25, -0.2) is 0 Å². The van der Waals surface area contributed by atoms with Crippen molar-refractivity contribution < 1.29 is 24.4 Å². The summed E-state index contributed by atoms with van der Waals surface area (Å²) in [5.74, 6) is -0.0792. The summed E-state index contributed by atoms with van der Waals surface area (Å²) < 4.78 is 11.8. The van der Waals surface area contributed by atoms with E-state index in [4.69, 9.17) is 25.4 Å². The van der Waals surface area contributed by atoms with Crippen LogP contribution in [0.5, 0.6) is 0 Å². The zero-order valence-corrected chi connectivity index (χ0v) is 12.6. The molecule has 126 valence electrons. The molecular weight excluding hydrogens is 329 g/mol. The number of rotatable bonds is 4. The molecule has 0 saturated carbocycles. The Bertz CT molecular complexity index is 763. The largest absolute Gasteiger partial charge is 0.387 e. The second-order valence-corrected chi connectivity index (χ2v) is 5.92. The van der Waals surface area contributed by atoms with Gasteiger partial charge in [0.15, 0.2) is 11.9 Å². The molecule has 0 amide bonds. The van der Waals surface area contributed by atoms with Crippen molar-refractivity contribution in [2.75, 3.05) is 12.3 Å². The Balaban J connectivity index is 1.91. The lowest BCUT2D eigenvalue weighted by atomic mass is 10.1. The molecule has 0 bridgehead atoms. The summed E-state index contributed by atoms with van der Waals surface area (Å²) in [6.45, 7) is -0.192. The molecule has 11 nitrogen and oxygen atoms in total. The van der Waals surface area contributed by atoms with E-state index < -0.39 is 38.6 Å². The topological polar surface area (TPSA) is 182 Å². The molecular formula is C11H16N5O6P. The smallest absolute Gasteiger partial charge is 0.261 e. The Kier molecular flexibility index (Phi) is 4.34. The van der Waals surface area contributed by atoms with Gasteiger partial charge >= 0.3 is 0 Å². The number of hydrogen-bond acceptors (Lipinski definition) is 9. The van der Waals surface area contributed by atoms with Crippen molar-refractivity contribution in [3.63, 3.8) is 0 Å². The molecule has 1 saturated heterocycles. The second kappa shape index (κ2) is 6.13. The lowest BCUT2D eigenvalue weighted by Crippen LogP contribution is -2.33. The Morgan fingerprint density at radius 2 is 2.22 bits per heavy atom. The maximum atomic E-state index is 11.8. The number of nitrogen functional groups attached to an aromatic ring is 1. The van der Waals surface area contributed by atoms with Crippen LogP contribution < -0.4 is 16.8 Å². The van der Waals surface area contributed by atoms with Gasteiger partial charge in [0.2, 0.25) is 14.5 Å². The number of anilines is 1. The Morgan fingerprint density at radius 3 is 2.91 bits per heavy atom. The third kappa shape index (κ3) is 2.95.